The average molecular weight is 184 g/mol. The standard InChI is InChI=1S/C9H16N2O2/c10-4-6-7-5-11(2-1-3-12)9(13)8(6)7/h6-8,12H,1-5,10H2. The number of hydrogen-bond donors (Lipinski definition) is 2. The molecule has 1 saturated carbocycles. The van der Waals surface area contributed by atoms with Crippen molar-refractivity contribution in [3.63, 3.8) is 0 Å². The van der Waals surface area contributed by atoms with Gasteiger partial charge in [0.1, 0.15) is 0 Å². The van der Waals surface area contributed by atoms with Crippen LogP contribution in [0.5, 0.6) is 0 Å². The van der Waals surface area contributed by atoms with E-state index in [-0.39, 0.29) is 18.4 Å². The van der Waals surface area contributed by atoms with Crippen LogP contribution in [0.25, 0.3) is 0 Å². The first kappa shape index (κ1) is 8.97. The molecule has 74 valence electrons. The lowest BCUT2D eigenvalue weighted by molar-refractivity contribution is -0.130. The van der Waals surface area contributed by atoms with Gasteiger partial charge in [-0.3, -0.25) is 4.79 Å². The molecule has 1 aliphatic heterocycles. The largest absolute Gasteiger partial charge is 0.396 e. The lowest BCUT2D eigenvalue weighted by Gasteiger charge is -2.18. The van der Waals surface area contributed by atoms with Crippen LogP contribution in [0, 0.1) is 17.8 Å². The van der Waals surface area contributed by atoms with E-state index in [2.05, 4.69) is 0 Å². The molecule has 1 aliphatic carbocycles. The predicted molar refractivity (Wildman–Crippen MR) is 47.8 cm³/mol. The zero-order valence-corrected chi connectivity index (χ0v) is 7.65. The van der Waals surface area contributed by atoms with Crippen LogP contribution in [0.15, 0.2) is 0 Å². The molecule has 4 heteroatoms. The Labute approximate surface area is 77.7 Å². The van der Waals surface area contributed by atoms with Gasteiger partial charge >= 0.3 is 0 Å². The second-order valence-corrected chi connectivity index (χ2v) is 3.95. The van der Waals surface area contributed by atoms with Crippen molar-refractivity contribution in [1.82, 2.24) is 4.90 Å². The zero-order valence-electron chi connectivity index (χ0n) is 7.65. The Balaban J connectivity index is 1.84. The van der Waals surface area contributed by atoms with Crippen molar-refractivity contribution in [3.8, 4) is 0 Å². The Hall–Kier alpha value is -0.610. The monoisotopic (exact) mass is 184 g/mol. The quantitative estimate of drug-likeness (QED) is 0.591. The predicted octanol–water partition coefficient (Wildman–Crippen LogP) is -0.968. The molecule has 3 N–H and O–H groups in total. The van der Waals surface area contributed by atoms with Gasteiger partial charge in [0.25, 0.3) is 0 Å². The second kappa shape index (κ2) is 3.27. The fraction of sp³-hybridized carbons (Fsp3) is 0.889. The van der Waals surface area contributed by atoms with Crippen molar-refractivity contribution in [2.24, 2.45) is 23.5 Å². The number of nitrogens with zero attached hydrogens (tertiary/aromatic N) is 1. The molecular weight excluding hydrogens is 168 g/mol. The van der Waals surface area contributed by atoms with Crippen molar-refractivity contribution >= 4 is 5.91 Å². The number of aliphatic hydroxyl groups excluding tert-OH is 1. The topological polar surface area (TPSA) is 66.6 Å². The average Bonchev–Trinajstić information content (AvgIpc) is 2.75. The number of carbonyl (C=O) groups is 1. The first-order valence-corrected chi connectivity index (χ1v) is 4.89. The van der Waals surface area contributed by atoms with Crippen LogP contribution in [0.1, 0.15) is 6.42 Å². The van der Waals surface area contributed by atoms with E-state index in [9.17, 15) is 4.79 Å². The summed E-state index contributed by atoms with van der Waals surface area (Å²) in [5.41, 5.74) is 5.52. The van der Waals surface area contributed by atoms with Crippen LogP contribution in [0.2, 0.25) is 0 Å². The molecule has 4 nitrogen and oxygen atoms in total. The Morgan fingerprint density at radius 1 is 1.62 bits per heavy atom. The highest BCUT2D eigenvalue weighted by Gasteiger charge is 2.60. The maximum Gasteiger partial charge on any atom is 0.226 e. The number of nitrogens with two attached hydrogens (primary N) is 1. The van der Waals surface area contributed by atoms with E-state index in [0.29, 0.717) is 31.3 Å². The van der Waals surface area contributed by atoms with Crippen LogP contribution < -0.4 is 5.73 Å². The first-order chi connectivity index (χ1) is 6.29. The third kappa shape index (κ3) is 1.34. The van der Waals surface area contributed by atoms with Gasteiger partial charge in [0.05, 0.1) is 0 Å². The molecule has 1 amide bonds. The zero-order chi connectivity index (χ0) is 9.42. The minimum atomic E-state index is 0.166. The molecule has 0 aromatic heterocycles. The summed E-state index contributed by atoms with van der Waals surface area (Å²) >= 11 is 0. The number of aliphatic hydroxyl groups is 1. The molecule has 0 spiro atoms. The van der Waals surface area contributed by atoms with Gasteiger partial charge in [-0.05, 0) is 24.8 Å². The number of fused-ring (bicyclic) bond motifs is 1. The molecule has 13 heavy (non-hydrogen) atoms. The summed E-state index contributed by atoms with van der Waals surface area (Å²) in [4.78, 5) is 13.5. The summed E-state index contributed by atoms with van der Waals surface area (Å²) < 4.78 is 0. The second-order valence-electron chi connectivity index (χ2n) is 3.95. The van der Waals surface area contributed by atoms with Crippen LogP contribution in [-0.4, -0.2) is 42.2 Å². The van der Waals surface area contributed by atoms with E-state index in [0.717, 1.165) is 6.54 Å². The third-order valence-corrected chi connectivity index (χ3v) is 3.22. The van der Waals surface area contributed by atoms with Crippen molar-refractivity contribution in [1.29, 1.82) is 0 Å². The molecular formula is C9H16N2O2. The van der Waals surface area contributed by atoms with Crippen molar-refractivity contribution in [3.05, 3.63) is 0 Å². The smallest absolute Gasteiger partial charge is 0.226 e. The van der Waals surface area contributed by atoms with Crippen molar-refractivity contribution in [2.45, 2.75) is 6.42 Å². The molecule has 3 unspecified atom stereocenters. The molecule has 2 rings (SSSR count). The lowest BCUT2D eigenvalue weighted by Crippen LogP contribution is -2.32. The minimum absolute atomic E-state index is 0.166. The van der Waals surface area contributed by atoms with Gasteiger partial charge < -0.3 is 15.7 Å². The molecule has 3 atom stereocenters. The molecule has 1 heterocycles. The van der Waals surface area contributed by atoms with E-state index >= 15 is 0 Å². The Morgan fingerprint density at radius 2 is 2.38 bits per heavy atom. The van der Waals surface area contributed by atoms with Gasteiger partial charge in [0.15, 0.2) is 0 Å². The van der Waals surface area contributed by atoms with Crippen LogP contribution in [-0.2, 0) is 4.79 Å². The highest BCUT2D eigenvalue weighted by molar-refractivity contribution is 5.85. The summed E-state index contributed by atoms with van der Waals surface area (Å²) in [6.45, 7) is 2.39. The maximum atomic E-state index is 11.6. The van der Waals surface area contributed by atoms with Crippen LogP contribution in [0.3, 0.4) is 0 Å². The minimum Gasteiger partial charge on any atom is -0.396 e. The third-order valence-electron chi connectivity index (χ3n) is 3.22. The molecule has 2 fully saturated rings. The summed E-state index contributed by atoms with van der Waals surface area (Å²) in [6.07, 6.45) is 0.693. The summed E-state index contributed by atoms with van der Waals surface area (Å²) in [6, 6.07) is 0. The molecule has 1 saturated heterocycles. The number of carbonyl (C=O) groups excluding carboxylic acids is 1. The number of likely N-dealkylation sites (tertiary alicyclic amines) is 1. The van der Waals surface area contributed by atoms with Crippen molar-refractivity contribution < 1.29 is 9.90 Å². The Morgan fingerprint density at radius 3 is 2.85 bits per heavy atom. The van der Waals surface area contributed by atoms with E-state index in [1.54, 1.807) is 0 Å². The summed E-state index contributed by atoms with van der Waals surface area (Å²) in [5, 5.41) is 8.63. The van der Waals surface area contributed by atoms with Gasteiger partial charge in [-0.15, -0.1) is 0 Å². The fourth-order valence-electron chi connectivity index (χ4n) is 2.40. The van der Waals surface area contributed by atoms with Crippen molar-refractivity contribution in [2.75, 3.05) is 26.2 Å². The van der Waals surface area contributed by atoms with Gasteiger partial charge in [0, 0.05) is 25.6 Å². The van der Waals surface area contributed by atoms with Gasteiger partial charge in [-0.2, -0.15) is 0 Å². The van der Waals surface area contributed by atoms with E-state index in [1.165, 1.54) is 0 Å². The van der Waals surface area contributed by atoms with E-state index in [4.69, 9.17) is 10.8 Å². The molecule has 0 bridgehead atoms. The Bertz CT molecular complexity index is 220. The number of rotatable bonds is 4. The maximum absolute atomic E-state index is 11.6. The number of piperidine rings is 1. The summed E-state index contributed by atoms with van der Waals surface area (Å²) in [5.74, 6) is 1.46. The molecule has 2 aliphatic rings. The molecule has 0 radical (unpaired) electrons. The van der Waals surface area contributed by atoms with E-state index in [1.807, 2.05) is 4.90 Å². The van der Waals surface area contributed by atoms with Gasteiger partial charge in [-0.1, -0.05) is 0 Å². The number of amides is 1. The first-order valence-electron chi connectivity index (χ1n) is 4.89. The van der Waals surface area contributed by atoms with Gasteiger partial charge in [0.2, 0.25) is 5.91 Å². The fourth-order valence-corrected chi connectivity index (χ4v) is 2.40. The van der Waals surface area contributed by atoms with Gasteiger partial charge in [-0.25, -0.2) is 0 Å². The highest BCUT2D eigenvalue weighted by Crippen LogP contribution is 2.51. The SMILES string of the molecule is NCC1C2CN(CCCO)C(=O)C12. The summed E-state index contributed by atoms with van der Waals surface area (Å²) in [7, 11) is 0. The molecule has 0 aromatic carbocycles. The normalized spacial score (nSPS) is 36.6. The Kier molecular flexibility index (Phi) is 2.26. The molecule has 0 aromatic rings. The highest BCUT2D eigenvalue weighted by atomic mass is 16.3. The lowest BCUT2D eigenvalue weighted by atomic mass is 10.2. The van der Waals surface area contributed by atoms with Crippen LogP contribution >= 0.6 is 0 Å². The van der Waals surface area contributed by atoms with E-state index < -0.39 is 0 Å². The van der Waals surface area contributed by atoms with Crippen LogP contribution in [0.4, 0.5) is 0 Å². The number of hydrogen-bond acceptors (Lipinski definition) is 3.